The van der Waals surface area contributed by atoms with Crippen LogP contribution in [0.2, 0.25) is 10.0 Å². The Hall–Kier alpha value is -2.96. The van der Waals surface area contributed by atoms with Crippen LogP contribution in [0.5, 0.6) is 0 Å². The van der Waals surface area contributed by atoms with E-state index in [1.807, 2.05) is 0 Å². The van der Waals surface area contributed by atoms with E-state index in [0.29, 0.717) is 20.9 Å². The number of esters is 1. The molecular formula is C23H17Cl2N3O5S3. The van der Waals surface area contributed by atoms with E-state index < -0.39 is 28.0 Å². The summed E-state index contributed by atoms with van der Waals surface area (Å²) in [6, 6.07) is 14.1. The summed E-state index contributed by atoms with van der Waals surface area (Å²) in [7, 11) is -3.88. The Morgan fingerprint density at radius 1 is 1.03 bits per heavy atom. The fraction of sp³-hybridized carbons (Fsp3) is 0.0870. The molecule has 0 bridgehead atoms. The number of thiazole rings is 1. The summed E-state index contributed by atoms with van der Waals surface area (Å²) in [5, 5.41) is 7.07. The van der Waals surface area contributed by atoms with Gasteiger partial charge in [-0.05, 0) is 42.6 Å². The van der Waals surface area contributed by atoms with E-state index in [9.17, 15) is 18.0 Å². The first-order valence-electron chi connectivity index (χ1n) is 10.2. The molecule has 0 saturated carbocycles. The summed E-state index contributed by atoms with van der Waals surface area (Å²) in [6.45, 7) is 1.40. The number of benzene rings is 2. The fourth-order valence-electron chi connectivity index (χ4n) is 2.97. The number of rotatable bonds is 8. The molecule has 1 amide bonds. The maximum absolute atomic E-state index is 12.8. The van der Waals surface area contributed by atoms with Crippen molar-refractivity contribution < 1.29 is 22.7 Å². The second-order valence-electron chi connectivity index (χ2n) is 7.29. The molecule has 0 spiro atoms. The lowest BCUT2D eigenvalue weighted by Gasteiger charge is -2.15. The predicted octanol–water partition coefficient (Wildman–Crippen LogP) is 6.16. The summed E-state index contributed by atoms with van der Waals surface area (Å²) in [5.41, 5.74) is 1.32. The number of ether oxygens (including phenoxy) is 1. The first-order valence-corrected chi connectivity index (χ1v) is 14.2. The quantitative estimate of drug-likeness (QED) is 0.241. The number of carbonyl (C=O) groups excluding carboxylic acids is 2. The molecule has 4 rings (SSSR count). The number of amides is 1. The second kappa shape index (κ2) is 11.0. The molecular weight excluding hydrogens is 565 g/mol. The Labute approximate surface area is 224 Å². The molecule has 0 aliphatic carbocycles. The van der Waals surface area contributed by atoms with Crippen molar-refractivity contribution in [1.29, 1.82) is 0 Å². The Morgan fingerprint density at radius 2 is 1.81 bits per heavy atom. The summed E-state index contributed by atoms with van der Waals surface area (Å²) < 4.78 is 32.9. The average molecular weight is 583 g/mol. The molecule has 0 aliphatic heterocycles. The molecule has 2 heterocycles. The van der Waals surface area contributed by atoms with Crippen LogP contribution < -0.4 is 10.0 Å². The van der Waals surface area contributed by atoms with Crippen molar-refractivity contribution in [3.8, 4) is 11.3 Å². The van der Waals surface area contributed by atoms with Crippen LogP contribution in [0.1, 0.15) is 17.3 Å². The molecule has 0 fully saturated rings. The van der Waals surface area contributed by atoms with Crippen molar-refractivity contribution in [3.05, 3.63) is 81.0 Å². The molecule has 0 saturated heterocycles. The minimum absolute atomic E-state index is 0.0339. The molecule has 0 radical (unpaired) electrons. The van der Waals surface area contributed by atoms with Crippen LogP contribution in [-0.2, 0) is 19.6 Å². The van der Waals surface area contributed by atoms with E-state index in [1.165, 1.54) is 36.5 Å². The van der Waals surface area contributed by atoms with Crippen LogP contribution in [0.25, 0.3) is 11.3 Å². The van der Waals surface area contributed by atoms with Crippen LogP contribution in [-0.4, -0.2) is 31.4 Å². The lowest BCUT2D eigenvalue weighted by molar-refractivity contribution is -0.123. The van der Waals surface area contributed by atoms with Gasteiger partial charge >= 0.3 is 5.97 Å². The number of hydrogen-bond acceptors (Lipinski definition) is 8. The minimum Gasteiger partial charge on any atom is -0.449 e. The van der Waals surface area contributed by atoms with Crippen LogP contribution in [0.4, 0.5) is 10.8 Å². The van der Waals surface area contributed by atoms with Crippen LogP contribution >= 0.6 is 45.9 Å². The van der Waals surface area contributed by atoms with E-state index >= 15 is 0 Å². The number of nitrogens with one attached hydrogen (secondary N) is 2. The molecule has 186 valence electrons. The standard InChI is InChI=1S/C23H17Cl2N3O5S3/c1-13(21(29)27-23-26-19(12-35-23)14-8-9-16(24)17(25)11-14)33-22(30)15-5-2-3-6-18(15)28-36(31,32)20-7-4-10-34-20/h2-13,28H,1H3,(H,26,27,29). The van der Waals surface area contributed by atoms with Gasteiger partial charge in [0.1, 0.15) is 4.21 Å². The maximum Gasteiger partial charge on any atom is 0.341 e. The van der Waals surface area contributed by atoms with Gasteiger partial charge < -0.3 is 4.74 Å². The lowest BCUT2D eigenvalue weighted by atomic mass is 10.2. The minimum atomic E-state index is -3.88. The van der Waals surface area contributed by atoms with Crippen molar-refractivity contribution in [2.45, 2.75) is 17.2 Å². The van der Waals surface area contributed by atoms with E-state index in [0.717, 1.165) is 16.9 Å². The number of halogens is 2. The van der Waals surface area contributed by atoms with Gasteiger partial charge in [-0.3, -0.25) is 14.8 Å². The number of carbonyl (C=O) groups is 2. The Kier molecular flexibility index (Phi) is 7.96. The topological polar surface area (TPSA) is 114 Å². The monoisotopic (exact) mass is 581 g/mol. The Morgan fingerprint density at radius 3 is 2.53 bits per heavy atom. The molecule has 2 aromatic heterocycles. The maximum atomic E-state index is 12.8. The normalized spacial score (nSPS) is 12.1. The molecule has 2 N–H and O–H groups in total. The molecule has 8 nitrogen and oxygen atoms in total. The van der Waals surface area contributed by atoms with Crippen LogP contribution in [0.3, 0.4) is 0 Å². The van der Waals surface area contributed by atoms with Gasteiger partial charge in [-0.2, -0.15) is 0 Å². The molecule has 36 heavy (non-hydrogen) atoms. The van der Waals surface area contributed by atoms with Gasteiger partial charge in [-0.25, -0.2) is 18.2 Å². The van der Waals surface area contributed by atoms with E-state index in [1.54, 1.807) is 47.2 Å². The van der Waals surface area contributed by atoms with Crippen molar-refractivity contribution in [3.63, 3.8) is 0 Å². The van der Waals surface area contributed by atoms with Crippen molar-refractivity contribution in [2.24, 2.45) is 0 Å². The lowest BCUT2D eigenvalue weighted by Crippen LogP contribution is -2.30. The molecule has 1 unspecified atom stereocenters. The highest BCUT2D eigenvalue weighted by molar-refractivity contribution is 7.94. The zero-order chi connectivity index (χ0) is 25.9. The summed E-state index contributed by atoms with van der Waals surface area (Å²) in [5.74, 6) is -1.47. The predicted molar refractivity (Wildman–Crippen MR) is 143 cm³/mol. The highest BCUT2D eigenvalue weighted by Gasteiger charge is 2.24. The average Bonchev–Trinajstić information content (AvgIpc) is 3.54. The van der Waals surface area contributed by atoms with Gasteiger partial charge in [-0.15, -0.1) is 22.7 Å². The van der Waals surface area contributed by atoms with Gasteiger partial charge in [0, 0.05) is 10.9 Å². The molecule has 4 aromatic rings. The second-order valence-corrected chi connectivity index (χ2v) is 11.8. The van der Waals surface area contributed by atoms with Crippen molar-refractivity contribution >= 4 is 78.6 Å². The first-order chi connectivity index (χ1) is 17.1. The van der Waals surface area contributed by atoms with Gasteiger partial charge in [-0.1, -0.05) is 47.5 Å². The van der Waals surface area contributed by atoms with E-state index in [2.05, 4.69) is 15.0 Å². The van der Waals surface area contributed by atoms with Crippen molar-refractivity contribution in [2.75, 3.05) is 10.0 Å². The van der Waals surface area contributed by atoms with Gasteiger partial charge in [0.2, 0.25) is 0 Å². The summed E-state index contributed by atoms with van der Waals surface area (Å²) in [6.07, 6.45) is -1.18. The van der Waals surface area contributed by atoms with Gasteiger partial charge in [0.05, 0.1) is 27.0 Å². The van der Waals surface area contributed by atoms with Crippen LogP contribution in [0, 0.1) is 0 Å². The fourth-order valence-corrected chi connectivity index (χ4v) is 6.06. The number of hydrogen-bond donors (Lipinski definition) is 2. The number of aromatic nitrogens is 1. The third-order valence-corrected chi connectivity index (χ3v) is 9.01. The van der Waals surface area contributed by atoms with Crippen molar-refractivity contribution in [1.82, 2.24) is 4.98 Å². The van der Waals surface area contributed by atoms with E-state index in [4.69, 9.17) is 27.9 Å². The molecule has 0 aliphatic rings. The highest BCUT2D eigenvalue weighted by atomic mass is 35.5. The molecule has 13 heteroatoms. The number of nitrogens with zero attached hydrogens (tertiary/aromatic N) is 1. The number of anilines is 2. The van der Waals surface area contributed by atoms with Crippen LogP contribution in [0.15, 0.2) is 69.6 Å². The number of sulfonamides is 1. The first kappa shape index (κ1) is 26.1. The molecule has 2 aromatic carbocycles. The smallest absolute Gasteiger partial charge is 0.341 e. The van der Waals surface area contributed by atoms with Gasteiger partial charge in [0.15, 0.2) is 11.2 Å². The van der Waals surface area contributed by atoms with Gasteiger partial charge in [0.25, 0.3) is 15.9 Å². The van der Waals surface area contributed by atoms with E-state index in [-0.39, 0.29) is 15.5 Å². The largest absolute Gasteiger partial charge is 0.449 e. The number of para-hydroxylation sites is 1. The number of thiophene rings is 1. The highest BCUT2D eigenvalue weighted by Crippen LogP contribution is 2.30. The third-order valence-electron chi connectivity index (χ3n) is 4.75. The summed E-state index contributed by atoms with van der Waals surface area (Å²) >= 11 is 14.2. The zero-order valence-electron chi connectivity index (χ0n) is 18.4. The molecule has 1 atom stereocenters. The zero-order valence-corrected chi connectivity index (χ0v) is 22.4. The summed E-state index contributed by atoms with van der Waals surface area (Å²) in [4.78, 5) is 29.8. The Bertz CT molecular complexity index is 1520. The Balaban J connectivity index is 1.42. The third kappa shape index (κ3) is 6.05. The SMILES string of the molecule is CC(OC(=O)c1ccccc1NS(=O)(=O)c1cccs1)C(=O)Nc1nc(-c2ccc(Cl)c(Cl)c2)cs1.